The first-order valence-electron chi connectivity index (χ1n) is 15.6. The molecule has 0 radical (unpaired) electrons. The molecule has 2 unspecified atom stereocenters. The molecule has 0 aliphatic carbocycles. The highest BCUT2D eigenvalue weighted by molar-refractivity contribution is 5.77. The molecule has 0 saturated carbocycles. The van der Waals surface area contributed by atoms with Gasteiger partial charge in [0.2, 0.25) is 5.91 Å². The van der Waals surface area contributed by atoms with Crippen LogP contribution in [-0.2, 0) is 9.53 Å². The van der Waals surface area contributed by atoms with Gasteiger partial charge in [0.05, 0.1) is 6.04 Å². The second-order valence-electron chi connectivity index (χ2n) is 14.2. The first-order valence-corrected chi connectivity index (χ1v) is 15.6. The third-order valence-corrected chi connectivity index (χ3v) is 8.70. The number of alkyl halides is 2. The zero-order valence-electron chi connectivity index (χ0n) is 26.6. The van der Waals surface area contributed by atoms with Crippen LogP contribution in [0.2, 0.25) is 0 Å². The van der Waals surface area contributed by atoms with Crippen molar-refractivity contribution in [2.24, 2.45) is 11.3 Å². The molecule has 5 rings (SSSR count). The number of carbonyl (C=O) groups excluding carboxylic acids is 2. The quantitative estimate of drug-likeness (QED) is 0.374. The van der Waals surface area contributed by atoms with Gasteiger partial charge in [0, 0.05) is 50.7 Å². The molecule has 3 aliphatic rings. The van der Waals surface area contributed by atoms with Gasteiger partial charge in [-0.3, -0.25) is 9.69 Å². The van der Waals surface area contributed by atoms with Gasteiger partial charge in [-0.25, -0.2) is 4.79 Å². The molecule has 0 aromatic heterocycles. The fraction of sp³-hybridized carbons (Fsp3) is 0.588. The van der Waals surface area contributed by atoms with Gasteiger partial charge in [0.25, 0.3) is 0 Å². The van der Waals surface area contributed by atoms with E-state index in [2.05, 4.69) is 25.7 Å². The van der Waals surface area contributed by atoms with Crippen molar-refractivity contribution in [3.05, 3.63) is 59.7 Å². The maximum atomic E-state index is 14.2. The summed E-state index contributed by atoms with van der Waals surface area (Å²) in [7, 11) is 0. The minimum absolute atomic E-state index is 0.0207. The van der Waals surface area contributed by atoms with Gasteiger partial charge < -0.3 is 24.0 Å². The van der Waals surface area contributed by atoms with Crippen molar-refractivity contribution in [2.45, 2.75) is 84.8 Å². The Labute approximate surface area is 259 Å². The molecule has 2 amide bonds. The van der Waals surface area contributed by atoms with Gasteiger partial charge in [-0.05, 0) is 56.6 Å². The number of halogens is 2. The van der Waals surface area contributed by atoms with Crippen LogP contribution in [0.1, 0.15) is 78.0 Å². The summed E-state index contributed by atoms with van der Waals surface area (Å²) in [6.07, 6.45) is -2.07. The van der Waals surface area contributed by atoms with Crippen molar-refractivity contribution < 1.29 is 32.6 Å². The highest BCUT2D eigenvalue weighted by Gasteiger charge is 2.47. The molecule has 0 N–H and O–H groups in total. The summed E-state index contributed by atoms with van der Waals surface area (Å²) < 4.78 is 43.7. The molecule has 2 atom stereocenters. The molecule has 3 heterocycles. The highest BCUT2D eigenvalue weighted by Crippen LogP contribution is 2.48. The normalized spacial score (nSPS) is 21.7. The number of nitrogens with zero attached hydrogens (tertiary/aromatic N) is 3. The zero-order valence-corrected chi connectivity index (χ0v) is 26.6. The van der Waals surface area contributed by atoms with E-state index in [0.717, 1.165) is 18.4 Å². The SMILES string of the molecule is CC(C)(C)OC(=O)N1CCC(CC(=O)N2CCN(C(c3ccccc3)c3cccc4c3OC(F)(F)O4)CC2C(C)(C)C)CC1. The molecule has 240 valence electrons. The van der Waals surface area contributed by atoms with Crippen LogP contribution >= 0.6 is 0 Å². The lowest BCUT2D eigenvalue weighted by atomic mass is 9.82. The Bertz CT molecular complexity index is 1330. The van der Waals surface area contributed by atoms with Crippen LogP contribution in [0.5, 0.6) is 11.5 Å². The first kappa shape index (κ1) is 32.0. The Morgan fingerprint density at radius 3 is 2.25 bits per heavy atom. The van der Waals surface area contributed by atoms with Gasteiger partial charge >= 0.3 is 12.4 Å². The van der Waals surface area contributed by atoms with Crippen molar-refractivity contribution in [2.75, 3.05) is 32.7 Å². The lowest BCUT2D eigenvalue weighted by Crippen LogP contribution is -2.60. The average Bonchev–Trinajstić information content (AvgIpc) is 3.27. The van der Waals surface area contributed by atoms with E-state index in [9.17, 15) is 18.4 Å². The maximum Gasteiger partial charge on any atom is 0.586 e. The Hall–Kier alpha value is -3.40. The van der Waals surface area contributed by atoms with Gasteiger partial charge in [-0.1, -0.05) is 63.2 Å². The van der Waals surface area contributed by atoms with E-state index in [1.54, 1.807) is 11.0 Å². The molecular weight excluding hydrogens is 568 g/mol. The molecular formula is C34H45F2N3O5. The summed E-state index contributed by atoms with van der Waals surface area (Å²) >= 11 is 0. The Morgan fingerprint density at radius 2 is 1.61 bits per heavy atom. The van der Waals surface area contributed by atoms with Crippen LogP contribution in [0.25, 0.3) is 0 Å². The number of likely N-dealkylation sites (tertiary alicyclic amines) is 1. The molecule has 44 heavy (non-hydrogen) atoms. The van der Waals surface area contributed by atoms with E-state index in [0.29, 0.717) is 44.7 Å². The molecule has 0 spiro atoms. The van der Waals surface area contributed by atoms with Crippen LogP contribution in [0.3, 0.4) is 0 Å². The van der Waals surface area contributed by atoms with Crippen molar-refractivity contribution in [3.8, 4) is 11.5 Å². The number of carbonyl (C=O) groups is 2. The summed E-state index contributed by atoms with van der Waals surface area (Å²) in [4.78, 5) is 32.4. The number of para-hydroxylation sites is 1. The second-order valence-corrected chi connectivity index (χ2v) is 14.2. The van der Waals surface area contributed by atoms with Crippen molar-refractivity contribution >= 4 is 12.0 Å². The monoisotopic (exact) mass is 613 g/mol. The van der Waals surface area contributed by atoms with Gasteiger partial charge in [0.1, 0.15) is 5.60 Å². The topological polar surface area (TPSA) is 71.6 Å². The fourth-order valence-electron chi connectivity index (χ4n) is 6.52. The lowest BCUT2D eigenvalue weighted by molar-refractivity contribution is -0.287. The minimum atomic E-state index is -3.72. The standard InChI is InChI=1S/C34H45F2N3O5/c1-32(2,3)27-22-38(19-20-39(27)28(40)21-23-15-17-37(18-16-23)31(41)44-33(4,5)6)29(24-11-8-7-9-12-24)25-13-10-14-26-30(25)43-34(35,36)42-26/h7-14,23,27,29H,15-22H2,1-6H3. The third kappa shape index (κ3) is 7.28. The van der Waals surface area contributed by atoms with E-state index >= 15 is 0 Å². The predicted octanol–water partition coefficient (Wildman–Crippen LogP) is 6.69. The molecule has 2 fully saturated rings. The van der Waals surface area contributed by atoms with E-state index in [-0.39, 0.29) is 46.9 Å². The number of piperidine rings is 1. The molecule has 2 aromatic rings. The summed E-state index contributed by atoms with van der Waals surface area (Å²) in [6, 6.07) is 14.3. The van der Waals surface area contributed by atoms with Gasteiger partial charge in [-0.15, -0.1) is 8.78 Å². The zero-order chi connectivity index (χ0) is 31.9. The van der Waals surface area contributed by atoms with Gasteiger partial charge in [0.15, 0.2) is 11.5 Å². The number of amides is 2. The second kappa shape index (κ2) is 12.2. The smallest absolute Gasteiger partial charge is 0.444 e. The molecule has 0 bridgehead atoms. The van der Waals surface area contributed by atoms with Crippen molar-refractivity contribution in [3.63, 3.8) is 0 Å². The number of piperazine rings is 1. The summed E-state index contributed by atoms with van der Waals surface area (Å²) in [5, 5.41) is 0. The number of fused-ring (bicyclic) bond motifs is 1. The van der Waals surface area contributed by atoms with E-state index in [1.807, 2.05) is 62.1 Å². The van der Waals surface area contributed by atoms with Crippen LogP contribution in [0, 0.1) is 11.3 Å². The van der Waals surface area contributed by atoms with Gasteiger partial charge in [-0.2, -0.15) is 0 Å². The summed E-state index contributed by atoms with van der Waals surface area (Å²) in [5.74, 6) is 0.387. The van der Waals surface area contributed by atoms with Crippen molar-refractivity contribution in [1.29, 1.82) is 0 Å². The molecule has 8 nitrogen and oxygen atoms in total. The minimum Gasteiger partial charge on any atom is -0.444 e. The highest BCUT2D eigenvalue weighted by atomic mass is 19.3. The number of benzene rings is 2. The molecule has 2 aromatic carbocycles. The fourth-order valence-corrected chi connectivity index (χ4v) is 6.52. The predicted molar refractivity (Wildman–Crippen MR) is 163 cm³/mol. The number of hydrogen-bond acceptors (Lipinski definition) is 6. The summed E-state index contributed by atoms with van der Waals surface area (Å²) in [6.45, 7) is 14.8. The average molecular weight is 614 g/mol. The molecule has 10 heteroatoms. The number of hydrogen-bond donors (Lipinski definition) is 0. The van der Waals surface area contributed by atoms with E-state index in [4.69, 9.17) is 14.2 Å². The van der Waals surface area contributed by atoms with Crippen molar-refractivity contribution in [1.82, 2.24) is 14.7 Å². The molecule has 2 saturated heterocycles. The number of rotatable bonds is 5. The Balaban J connectivity index is 1.32. The Kier molecular flexibility index (Phi) is 8.86. The number of ether oxygens (including phenoxy) is 3. The summed E-state index contributed by atoms with van der Waals surface area (Å²) in [5.41, 5.74) is 0.778. The Morgan fingerprint density at radius 1 is 0.932 bits per heavy atom. The van der Waals surface area contributed by atoms with E-state index < -0.39 is 11.9 Å². The van der Waals surface area contributed by atoms with Crippen LogP contribution in [0.15, 0.2) is 48.5 Å². The van der Waals surface area contributed by atoms with E-state index in [1.165, 1.54) is 6.07 Å². The maximum absolute atomic E-state index is 14.2. The van der Waals surface area contributed by atoms with Crippen LogP contribution in [0.4, 0.5) is 13.6 Å². The lowest BCUT2D eigenvalue weighted by Gasteiger charge is -2.50. The van der Waals surface area contributed by atoms with Crippen LogP contribution in [-0.4, -0.2) is 77.4 Å². The molecule has 3 aliphatic heterocycles. The van der Waals surface area contributed by atoms with Crippen LogP contribution < -0.4 is 9.47 Å². The third-order valence-electron chi connectivity index (χ3n) is 8.70. The first-order chi connectivity index (χ1) is 20.6. The largest absolute Gasteiger partial charge is 0.586 e.